The van der Waals surface area contributed by atoms with Gasteiger partial charge in [-0.15, -0.1) is 0 Å². The number of thioether (sulfide) groups is 1. The summed E-state index contributed by atoms with van der Waals surface area (Å²) in [7, 11) is 0. The molecule has 3 rings (SSSR count). The summed E-state index contributed by atoms with van der Waals surface area (Å²) in [6, 6.07) is 0. The normalized spacial score (nSPS) is 24.2. The van der Waals surface area contributed by atoms with Gasteiger partial charge < -0.3 is 4.90 Å². The Morgan fingerprint density at radius 1 is 1.44 bits per heavy atom. The maximum Gasteiger partial charge on any atom is 0.186 e. The predicted octanol–water partition coefficient (Wildman–Crippen LogP) is 2.99. The summed E-state index contributed by atoms with van der Waals surface area (Å²) in [5.74, 6) is 1.48. The fourth-order valence-corrected chi connectivity index (χ4v) is 4.83. The highest BCUT2D eigenvalue weighted by atomic mass is 32.2. The molecular formula is C13H18N2OS2. The topological polar surface area (TPSA) is 33.2 Å². The molecule has 1 atom stereocenters. The number of aromatic nitrogens is 1. The molecule has 2 aliphatic rings. The van der Waals surface area contributed by atoms with Crippen molar-refractivity contribution in [3.63, 3.8) is 0 Å². The summed E-state index contributed by atoms with van der Waals surface area (Å²) in [5.41, 5.74) is 1.05. The van der Waals surface area contributed by atoms with Gasteiger partial charge in [-0.2, -0.15) is 11.8 Å². The van der Waals surface area contributed by atoms with Gasteiger partial charge in [0.05, 0.1) is 10.6 Å². The molecule has 0 aromatic carbocycles. The molecule has 98 valence electrons. The number of rotatable bonds is 2. The largest absolute Gasteiger partial charge is 0.346 e. The second kappa shape index (κ2) is 5.21. The van der Waals surface area contributed by atoms with Crippen molar-refractivity contribution in [3.8, 4) is 0 Å². The smallest absolute Gasteiger partial charge is 0.186 e. The Balaban J connectivity index is 1.82. The molecular weight excluding hydrogens is 264 g/mol. The van der Waals surface area contributed by atoms with Crippen LogP contribution in [-0.4, -0.2) is 34.9 Å². The Bertz CT molecular complexity index is 458. The van der Waals surface area contributed by atoms with E-state index in [1.54, 1.807) is 11.3 Å². The van der Waals surface area contributed by atoms with Crippen LogP contribution in [0.3, 0.4) is 0 Å². The minimum absolute atomic E-state index is 0.304. The number of carbonyl (C=O) groups is 1. The molecule has 1 aliphatic heterocycles. The van der Waals surface area contributed by atoms with Crippen molar-refractivity contribution in [2.75, 3.05) is 23.7 Å². The second-order valence-corrected chi connectivity index (χ2v) is 7.28. The molecule has 1 fully saturated rings. The van der Waals surface area contributed by atoms with Gasteiger partial charge in [-0.25, -0.2) is 4.98 Å². The molecule has 0 bridgehead atoms. The van der Waals surface area contributed by atoms with E-state index in [1.165, 1.54) is 12.2 Å². The van der Waals surface area contributed by atoms with Crippen LogP contribution in [-0.2, 0) is 6.42 Å². The standard InChI is InChI=1S/C13H18N2OS2/c1-2-9-8-15(6-7-17-9)13-14-10-4-3-5-11(16)12(10)18-13/h9H,2-8H2,1H3. The van der Waals surface area contributed by atoms with Crippen LogP contribution in [0.4, 0.5) is 5.13 Å². The third kappa shape index (κ3) is 2.30. The molecule has 1 unspecified atom stereocenters. The molecule has 0 saturated carbocycles. The summed E-state index contributed by atoms with van der Waals surface area (Å²) in [5, 5.41) is 1.80. The van der Waals surface area contributed by atoms with Crippen molar-refractivity contribution in [1.29, 1.82) is 0 Å². The van der Waals surface area contributed by atoms with Gasteiger partial charge in [0.15, 0.2) is 10.9 Å². The number of carbonyl (C=O) groups excluding carboxylic acids is 1. The van der Waals surface area contributed by atoms with Crippen LogP contribution in [0.25, 0.3) is 0 Å². The van der Waals surface area contributed by atoms with Gasteiger partial charge in [0.2, 0.25) is 0 Å². The van der Waals surface area contributed by atoms with Crippen LogP contribution in [0.5, 0.6) is 0 Å². The number of aryl methyl sites for hydroxylation is 1. The van der Waals surface area contributed by atoms with Crippen LogP contribution in [0.1, 0.15) is 41.6 Å². The summed E-state index contributed by atoms with van der Waals surface area (Å²) >= 11 is 3.68. The summed E-state index contributed by atoms with van der Waals surface area (Å²) < 4.78 is 0. The number of nitrogens with zero attached hydrogens (tertiary/aromatic N) is 2. The summed E-state index contributed by atoms with van der Waals surface area (Å²) in [4.78, 5) is 19.9. The fraction of sp³-hybridized carbons (Fsp3) is 0.692. The van der Waals surface area contributed by atoms with Crippen molar-refractivity contribution < 1.29 is 4.79 Å². The number of hydrogen-bond acceptors (Lipinski definition) is 5. The van der Waals surface area contributed by atoms with Crippen LogP contribution in [0.15, 0.2) is 0 Å². The molecule has 1 aliphatic carbocycles. The van der Waals surface area contributed by atoms with Crippen LogP contribution in [0.2, 0.25) is 0 Å². The van der Waals surface area contributed by atoms with Gasteiger partial charge >= 0.3 is 0 Å². The van der Waals surface area contributed by atoms with Gasteiger partial charge in [-0.05, 0) is 19.3 Å². The summed E-state index contributed by atoms with van der Waals surface area (Å²) in [6.07, 6.45) is 3.88. The Hall–Kier alpha value is -0.550. The molecule has 1 aromatic rings. The lowest BCUT2D eigenvalue weighted by Gasteiger charge is -2.31. The SMILES string of the molecule is CCC1CN(c2nc3c(s2)C(=O)CCC3)CCS1. The van der Waals surface area contributed by atoms with Crippen LogP contribution < -0.4 is 4.90 Å². The van der Waals surface area contributed by atoms with Gasteiger partial charge in [-0.3, -0.25) is 4.79 Å². The second-order valence-electron chi connectivity index (χ2n) is 4.90. The van der Waals surface area contributed by atoms with Crippen molar-refractivity contribution in [2.45, 2.75) is 37.9 Å². The first-order chi connectivity index (χ1) is 8.78. The lowest BCUT2D eigenvalue weighted by Crippen LogP contribution is -2.37. The van der Waals surface area contributed by atoms with Crippen LogP contribution >= 0.6 is 23.1 Å². The Kier molecular flexibility index (Phi) is 3.61. The molecule has 2 heterocycles. The Morgan fingerprint density at radius 2 is 2.33 bits per heavy atom. The lowest BCUT2D eigenvalue weighted by molar-refractivity contribution is 0.0976. The zero-order chi connectivity index (χ0) is 12.5. The molecule has 1 saturated heterocycles. The van der Waals surface area contributed by atoms with E-state index in [-0.39, 0.29) is 0 Å². The van der Waals surface area contributed by atoms with E-state index in [0.29, 0.717) is 12.2 Å². The highest BCUT2D eigenvalue weighted by molar-refractivity contribution is 8.00. The van der Waals surface area contributed by atoms with Crippen LogP contribution in [0, 0.1) is 0 Å². The van der Waals surface area contributed by atoms with E-state index in [4.69, 9.17) is 4.98 Å². The van der Waals surface area contributed by atoms with Crippen molar-refractivity contribution in [2.24, 2.45) is 0 Å². The highest BCUT2D eigenvalue weighted by Crippen LogP contribution is 2.34. The number of anilines is 1. The average Bonchev–Trinajstić information content (AvgIpc) is 2.84. The number of ketones is 1. The fourth-order valence-electron chi connectivity index (χ4n) is 2.53. The summed E-state index contributed by atoms with van der Waals surface area (Å²) in [6.45, 7) is 4.40. The number of Topliss-reactive ketones (excluding diaryl/α,β-unsaturated/α-hetero) is 1. The van der Waals surface area contributed by atoms with Crippen molar-refractivity contribution in [3.05, 3.63) is 10.6 Å². The van der Waals surface area contributed by atoms with Gasteiger partial charge in [0.25, 0.3) is 0 Å². The number of thiazole rings is 1. The van der Waals surface area contributed by atoms with E-state index >= 15 is 0 Å². The van der Waals surface area contributed by atoms with E-state index in [9.17, 15) is 4.79 Å². The third-order valence-electron chi connectivity index (χ3n) is 3.62. The maximum absolute atomic E-state index is 11.8. The monoisotopic (exact) mass is 282 g/mol. The highest BCUT2D eigenvalue weighted by Gasteiger charge is 2.26. The molecule has 0 N–H and O–H groups in total. The minimum Gasteiger partial charge on any atom is -0.346 e. The van der Waals surface area contributed by atoms with Crippen molar-refractivity contribution in [1.82, 2.24) is 4.98 Å². The van der Waals surface area contributed by atoms with E-state index in [2.05, 4.69) is 23.6 Å². The molecule has 1 aromatic heterocycles. The minimum atomic E-state index is 0.304. The van der Waals surface area contributed by atoms with Gasteiger partial charge in [0, 0.05) is 30.5 Å². The molecule has 0 radical (unpaired) electrons. The maximum atomic E-state index is 11.8. The first kappa shape index (κ1) is 12.5. The van der Waals surface area contributed by atoms with Gasteiger partial charge in [0.1, 0.15) is 0 Å². The van der Waals surface area contributed by atoms with E-state index in [1.807, 2.05) is 0 Å². The predicted molar refractivity (Wildman–Crippen MR) is 78.1 cm³/mol. The lowest BCUT2D eigenvalue weighted by atomic mass is 10.0. The Labute approximate surface area is 116 Å². The zero-order valence-corrected chi connectivity index (χ0v) is 12.3. The van der Waals surface area contributed by atoms with Gasteiger partial charge in [-0.1, -0.05) is 18.3 Å². The molecule has 18 heavy (non-hydrogen) atoms. The van der Waals surface area contributed by atoms with E-state index in [0.717, 1.165) is 46.9 Å². The average molecular weight is 282 g/mol. The first-order valence-corrected chi connectivity index (χ1v) is 8.54. The molecule has 3 nitrogen and oxygen atoms in total. The molecule has 5 heteroatoms. The van der Waals surface area contributed by atoms with Crippen molar-refractivity contribution >= 4 is 34.0 Å². The zero-order valence-electron chi connectivity index (χ0n) is 10.6. The third-order valence-corrected chi connectivity index (χ3v) is 6.19. The Morgan fingerprint density at radius 3 is 3.11 bits per heavy atom. The molecule has 0 spiro atoms. The molecule has 0 amide bonds. The first-order valence-electron chi connectivity index (χ1n) is 6.67. The number of hydrogen-bond donors (Lipinski definition) is 0. The number of fused-ring (bicyclic) bond motifs is 1. The van der Waals surface area contributed by atoms with E-state index < -0.39 is 0 Å². The quantitative estimate of drug-likeness (QED) is 0.835.